The van der Waals surface area contributed by atoms with E-state index in [1.165, 1.54) is 21.3 Å². The average molecular weight is 393 g/mol. The average Bonchev–Trinajstić information content (AvgIpc) is 3.00. The summed E-state index contributed by atoms with van der Waals surface area (Å²) in [5, 5.41) is 0.0708. The van der Waals surface area contributed by atoms with E-state index in [1.54, 1.807) is 18.2 Å². The monoisotopic (exact) mass is 393 g/mol. The molecular weight excluding hydrogens is 374 g/mol. The standard InChI is InChI=1S/C18H19NO7S/c1-9-5-6-12(23-2)10(7-9)16(20)26-8-11-13(17(21)24-3)15(19)27-14(11)18(22)25-4/h5-7H,8,19H2,1-4H3. The third kappa shape index (κ3) is 4.20. The van der Waals surface area contributed by atoms with Gasteiger partial charge in [-0.3, -0.25) is 0 Å². The van der Waals surface area contributed by atoms with Crippen LogP contribution >= 0.6 is 11.3 Å². The quantitative estimate of drug-likeness (QED) is 0.588. The number of nitrogen functional groups attached to an aromatic ring is 1. The van der Waals surface area contributed by atoms with Gasteiger partial charge in [0.25, 0.3) is 0 Å². The number of aryl methyl sites for hydroxylation is 1. The minimum absolute atomic E-state index is 0.0214. The van der Waals surface area contributed by atoms with Crippen molar-refractivity contribution in [3.05, 3.63) is 45.3 Å². The summed E-state index contributed by atoms with van der Waals surface area (Å²) < 4.78 is 19.9. The number of hydrogen-bond acceptors (Lipinski definition) is 9. The van der Waals surface area contributed by atoms with Crippen molar-refractivity contribution in [3.8, 4) is 5.75 Å². The van der Waals surface area contributed by atoms with Crippen molar-refractivity contribution in [1.82, 2.24) is 0 Å². The number of carbonyl (C=O) groups excluding carboxylic acids is 3. The van der Waals surface area contributed by atoms with Crippen molar-refractivity contribution < 1.29 is 33.3 Å². The van der Waals surface area contributed by atoms with Gasteiger partial charge in [-0.25, -0.2) is 14.4 Å². The molecule has 0 radical (unpaired) electrons. The van der Waals surface area contributed by atoms with Crippen molar-refractivity contribution in [1.29, 1.82) is 0 Å². The van der Waals surface area contributed by atoms with Crippen LogP contribution in [0.5, 0.6) is 5.75 Å². The Morgan fingerprint density at radius 3 is 2.30 bits per heavy atom. The van der Waals surface area contributed by atoms with Gasteiger partial charge in [0.05, 0.1) is 21.3 Å². The molecule has 2 aromatic rings. The van der Waals surface area contributed by atoms with Crippen LogP contribution in [0, 0.1) is 6.92 Å². The summed E-state index contributed by atoms with van der Waals surface area (Å²) in [6.45, 7) is 1.46. The Balaban J connectivity index is 2.37. The summed E-state index contributed by atoms with van der Waals surface area (Å²) in [5.74, 6) is -1.76. The highest BCUT2D eigenvalue weighted by atomic mass is 32.1. The highest BCUT2D eigenvalue weighted by Crippen LogP contribution is 2.33. The number of ether oxygens (including phenoxy) is 4. The van der Waals surface area contributed by atoms with Gasteiger partial charge in [0, 0.05) is 5.56 Å². The Hall–Kier alpha value is -3.07. The first-order chi connectivity index (χ1) is 12.8. The number of methoxy groups -OCH3 is 3. The van der Waals surface area contributed by atoms with Crippen LogP contribution in [0.15, 0.2) is 18.2 Å². The van der Waals surface area contributed by atoms with Crippen molar-refractivity contribution in [3.63, 3.8) is 0 Å². The Morgan fingerprint density at radius 1 is 1.04 bits per heavy atom. The lowest BCUT2D eigenvalue weighted by Gasteiger charge is -2.11. The van der Waals surface area contributed by atoms with E-state index in [4.69, 9.17) is 24.7 Å². The van der Waals surface area contributed by atoms with Crippen molar-refractivity contribution in [2.24, 2.45) is 0 Å². The zero-order valence-electron chi connectivity index (χ0n) is 15.3. The molecule has 0 saturated heterocycles. The van der Waals surface area contributed by atoms with Gasteiger partial charge in [0.1, 0.15) is 33.4 Å². The lowest BCUT2D eigenvalue weighted by atomic mass is 10.1. The second kappa shape index (κ2) is 8.54. The first-order valence-corrected chi connectivity index (χ1v) is 8.55. The summed E-state index contributed by atoms with van der Waals surface area (Å²) in [7, 11) is 3.82. The molecule has 2 rings (SSSR count). The SMILES string of the molecule is COC(=O)c1sc(N)c(C(=O)OC)c1COC(=O)c1cc(C)ccc1OC. The van der Waals surface area contributed by atoms with E-state index >= 15 is 0 Å². The largest absolute Gasteiger partial charge is 0.496 e. The number of hydrogen-bond donors (Lipinski definition) is 1. The molecule has 27 heavy (non-hydrogen) atoms. The fourth-order valence-electron chi connectivity index (χ4n) is 2.40. The van der Waals surface area contributed by atoms with Gasteiger partial charge in [-0.05, 0) is 19.1 Å². The van der Waals surface area contributed by atoms with Crippen LogP contribution in [0.2, 0.25) is 0 Å². The van der Waals surface area contributed by atoms with Gasteiger partial charge in [-0.1, -0.05) is 11.6 Å². The molecule has 8 nitrogen and oxygen atoms in total. The minimum atomic E-state index is -0.738. The fourth-order valence-corrected chi connectivity index (χ4v) is 3.38. The van der Waals surface area contributed by atoms with Crippen LogP contribution < -0.4 is 10.5 Å². The van der Waals surface area contributed by atoms with Crippen LogP contribution in [0.3, 0.4) is 0 Å². The van der Waals surface area contributed by atoms with E-state index in [1.807, 2.05) is 6.92 Å². The van der Waals surface area contributed by atoms with Gasteiger partial charge in [0.2, 0.25) is 0 Å². The molecule has 0 aliphatic rings. The molecule has 9 heteroatoms. The molecule has 0 spiro atoms. The zero-order chi connectivity index (χ0) is 20.1. The van der Waals surface area contributed by atoms with E-state index in [0.29, 0.717) is 5.75 Å². The summed E-state index contributed by atoms with van der Waals surface area (Å²) in [6.07, 6.45) is 0. The maximum absolute atomic E-state index is 12.5. The van der Waals surface area contributed by atoms with Crippen molar-refractivity contribution in [2.75, 3.05) is 27.1 Å². The molecule has 2 N–H and O–H groups in total. The number of anilines is 1. The third-order valence-corrected chi connectivity index (χ3v) is 4.76. The summed E-state index contributed by atoms with van der Waals surface area (Å²) in [6, 6.07) is 5.06. The Kier molecular flexibility index (Phi) is 6.40. The molecule has 1 aromatic carbocycles. The Bertz CT molecular complexity index is 888. The summed E-state index contributed by atoms with van der Waals surface area (Å²) >= 11 is 0.861. The van der Waals surface area contributed by atoms with E-state index in [2.05, 4.69) is 0 Å². The van der Waals surface area contributed by atoms with Gasteiger partial charge in [0.15, 0.2) is 0 Å². The first-order valence-electron chi connectivity index (χ1n) is 7.73. The number of thiophene rings is 1. The van der Waals surface area contributed by atoms with Gasteiger partial charge in [-0.2, -0.15) is 0 Å². The van der Waals surface area contributed by atoms with Gasteiger partial charge < -0.3 is 24.7 Å². The van der Waals surface area contributed by atoms with Crippen LogP contribution in [0.4, 0.5) is 5.00 Å². The molecule has 0 fully saturated rings. The highest BCUT2D eigenvalue weighted by Gasteiger charge is 2.28. The highest BCUT2D eigenvalue weighted by molar-refractivity contribution is 7.18. The molecule has 1 aromatic heterocycles. The summed E-state index contributed by atoms with van der Waals surface area (Å²) in [5.41, 5.74) is 7.02. The van der Waals surface area contributed by atoms with E-state index in [-0.39, 0.29) is 33.2 Å². The molecule has 144 valence electrons. The Labute approximate surface area is 159 Å². The summed E-state index contributed by atoms with van der Waals surface area (Å²) in [4.78, 5) is 36.6. The van der Waals surface area contributed by atoms with Gasteiger partial charge in [-0.15, -0.1) is 11.3 Å². The number of rotatable bonds is 6. The van der Waals surface area contributed by atoms with Gasteiger partial charge >= 0.3 is 17.9 Å². The lowest BCUT2D eigenvalue weighted by molar-refractivity contribution is 0.0449. The van der Waals surface area contributed by atoms with Crippen LogP contribution in [0.1, 0.15) is 41.5 Å². The predicted molar refractivity (Wildman–Crippen MR) is 98.3 cm³/mol. The maximum atomic E-state index is 12.5. The normalized spacial score (nSPS) is 10.2. The second-order valence-corrected chi connectivity index (χ2v) is 6.46. The molecule has 0 amide bonds. The number of carbonyl (C=O) groups is 3. The van der Waals surface area contributed by atoms with Crippen LogP contribution in [-0.4, -0.2) is 39.2 Å². The van der Waals surface area contributed by atoms with Crippen LogP contribution in [0.25, 0.3) is 0 Å². The van der Waals surface area contributed by atoms with E-state index < -0.39 is 17.9 Å². The topological polar surface area (TPSA) is 114 Å². The van der Waals surface area contributed by atoms with Crippen molar-refractivity contribution >= 4 is 34.2 Å². The zero-order valence-corrected chi connectivity index (χ0v) is 16.1. The smallest absolute Gasteiger partial charge is 0.348 e. The van der Waals surface area contributed by atoms with E-state index in [9.17, 15) is 14.4 Å². The first kappa shape index (κ1) is 20.2. The molecule has 0 aliphatic carbocycles. The molecule has 0 atom stereocenters. The molecule has 0 bridgehead atoms. The molecule has 0 saturated carbocycles. The minimum Gasteiger partial charge on any atom is -0.496 e. The third-order valence-electron chi connectivity index (χ3n) is 3.72. The maximum Gasteiger partial charge on any atom is 0.348 e. The number of nitrogens with two attached hydrogens (primary N) is 1. The molecule has 0 unspecified atom stereocenters. The number of esters is 3. The Morgan fingerprint density at radius 2 is 1.70 bits per heavy atom. The molecule has 1 heterocycles. The lowest BCUT2D eigenvalue weighted by Crippen LogP contribution is -2.13. The molecule has 0 aliphatic heterocycles. The molecular formula is C18H19NO7S. The van der Waals surface area contributed by atoms with E-state index in [0.717, 1.165) is 16.9 Å². The second-order valence-electron chi connectivity index (χ2n) is 5.41. The van der Waals surface area contributed by atoms with Crippen LogP contribution in [-0.2, 0) is 20.8 Å². The predicted octanol–water partition coefficient (Wildman–Crippen LogP) is 2.58. The fraction of sp³-hybridized carbons (Fsp3) is 0.278. The number of benzene rings is 1. The van der Waals surface area contributed by atoms with Crippen molar-refractivity contribution in [2.45, 2.75) is 13.5 Å².